The Morgan fingerprint density at radius 1 is 1.08 bits per heavy atom. The van der Waals surface area contributed by atoms with Crippen molar-refractivity contribution in [2.24, 2.45) is 0 Å². The number of nitrogens with one attached hydrogen (secondary N) is 3. The number of para-hydroxylation sites is 2. The highest BCUT2D eigenvalue weighted by Crippen LogP contribution is 2.23. The van der Waals surface area contributed by atoms with E-state index in [4.69, 9.17) is 0 Å². The van der Waals surface area contributed by atoms with Crippen LogP contribution in [0.25, 0.3) is 22.4 Å². The first-order valence-electron chi connectivity index (χ1n) is 8.41. The maximum atomic E-state index is 12.1. The molecule has 2 aromatic carbocycles. The van der Waals surface area contributed by atoms with Gasteiger partial charge in [-0.2, -0.15) is 0 Å². The second-order valence-electron chi connectivity index (χ2n) is 6.26. The number of rotatable bonds is 3. The molecule has 0 aliphatic heterocycles. The monoisotopic (exact) mass is 320 g/mol. The summed E-state index contributed by atoms with van der Waals surface area (Å²) in [6.07, 6.45) is 4.55. The second-order valence-corrected chi connectivity index (χ2v) is 6.26. The minimum absolute atomic E-state index is 0.136. The van der Waals surface area contributed by atoms with Crippen molar-refractivity contribution in [2.75, 3.05) is 5.32 Å². The van der Waals surface area contributed by atoms with Gasteiger partial charge < -0.3 is 15.6 Å². The van der Waals surface area contributed by atoms with Crippen LogP contribution < -0.4 is 10.6 Å². The molecule has 3 aromatic rings. The third-order valence-electron chi connectivity index (χ3n) is 4.47. The summed E-state index contributed by atoms with van der Waals surface area (Å²) in [7, 11) is 0. The molecule has 0 atom stereocenters. The van der Waals surface area contributed by atoms with E-state index in [9.17, 15) is 4.79 Å². The van der Waals surface area contributed by atoms with Gasteiger partial charge in [-0.1, -0.05) is 37.1 Å². The molecule has 1 saturated carbocycles. The maximum Gasteiger partial charge on any atom is 0.319 e. The molecule has 1 aliphatic carbocycles. The van der Waals surface area contributed by atoms with E-state index in [-0.39, 0.29) is 6.03 Å². The third kappa shape index (κ3) is 3.11. The summed E-state index contributed by atoms with van der Waals surface area (Å²) in [6, 6.07) is 15.8. The lowest BCUT2D eigenvalue weighted by Crippen LogP contribution is -2.36. The quantitative estimate of drug-likeness (QED) is 0.673. The number of anilines is 1. The van der Waals surface area contributed by atoms with Crippen LogP contribution in [0.1, 0.15) is 25.7 Å². The third-order valence-corrected chi connectivity index (χ3v) is 4.47. The van der Waals surface area contributed by atoms with E-state index in [0.29, 0.717) is 6.04 Å². The molecule has 0 radical (unpaired) electrons. The van der Waals surface area contributed by atoms with Crippen molar-refractivity contribution < 1.29 is 4.79 Å². The van der Waals surface area contributed by atoms with E-state index >= 15 is 0 Å². The average molecular weight is 320 g/mol. The smallest absolute Gasteiger partial charge is 0.319 e. The Hall–Kier alpha value is -2.82. The van der Waals surface area contributed by atoms with Gasteiger partial charge in [0.25, 0.3) is 0 Å². The number of hydrogen-bond donors (Lipinski definition) is 3. The Bertz CT molecular complexity index is 831. The van der Waals surface area contributed by atoms with E-state index in [1.807, 2.05) is 48.5 Å². The van der Waals surface area contributed by atoms with Gasteiger partial charge >= 0.3 is 6.03 Å². The lowest BCUT2D eigenvalue weighted by Gasteiger charge is -2.13. The van der Waals surface area contributed by atoms with Crippen molar-refractivity contribution in [1.29, 1.82) is 0 Å². The van der Waals surface area contributed by atoms with Crippen LogP contribution in [0.4, 0.5) is 10.5 Å². The van der Waals surface area contributed by atoms with Gasteiger partial charge in [-0.3, -0.25) is 0 Å². The molecule has 122 valence electrons. The van der Waals surface area contributed by atoms with Crippen molar-refractivity contribution in [3.63, 3.8) is 0 Å². The van der Waals surface area contributed by atoms with E-state index < -0.39 is 0 Å². The summed E-state index contributed by atoms with van der Waals surface area (Å²) in [5, 5.41) is 5.96. The first-order chi connectivity index (χ1) is 11.8. The topological polar surface area (TPSA) is 69.8 Å². The van der Waals surface area contributed by atoms with Gasteiger partial charge in [0.2, 0.25) is 0 Å². The lowest BCUT2D eigenvalue weighted by atomic mass is 10.2. The van der Waals surface area contributed by atoms with Crippen LogP contribution in [0.5, 0.6) is 0 Å². The highest BCUT2D eigenvalue weighted by Gasteiger charge is 2.17. The van der Waals surface area contributed by atoms with Gasteiger partial charge in [-0.15, -0.1) is 0 Å². The molecule has 0 spiro atoms. The van der Waals surface area contributed by atoms with Crippen molar-refractivity contribution in [3.05, 3.63) is 48.5 Å². The van der Waals surface area contributed by atoms with Crippen LogP contribution in [-0.4, -0.2) is 22.0 Å². The van der Waals surface area contributed by atoms with Crippen molar-refractivity contribution >= 4 is 22.8 Å². The number of carbonyl (C=O) groups excluding carboxylic acids is 1. The van der Waals surface area contributed by atoms with E-state index in [1.165, 1.54) is 12.8 Å². The zero-order chi connectivity index (χ0) is 16.4. The molecule has 5 nitrogen and oxygen atoms in total. The molecule has 2 amide bonds. The fourth-order valence-electron chi connectivity index (χ4n) is 3.26. The lowest BCUT2D eigenvalue weighted by molar-refractivity contribution is 0.248. The van der Waals surface area contributed by atoms with E-state index in [2.05, 4.69) is 20.6 Å². The number of nitrogens with zero attached hydrogens (tertiary/aromatic N) is 1. The van der Waals surface area contributed by atoms with Crippen molar-refractivity contribution in [3.8, 4) is 11.4 Å². The predicted octanol–water partition coefficient (Wildman–Crippen LogP) is 4.29. The number of carbonyl (C=O) groups is 1. The molecule has 3 N–H and O–H groups in total. The maximum absolute atomic E-state index is 12.1. The van der Waals surface area contributed by atoms with Crippen LogP contribution in [0.3, 0.4) is 0 Å². The highest BCUT2D eigenvalue weighted by atomic mass is 16.2. The number of H-pyrrole nitrogens is 1. The summed E-state index contributed by atoms with van der Waals surface area (Å²) >= 11 is 0. The first kappa shape index (κ1) is 14.8. The van der Waals surface area contributed by atoms with Crippen molar-refractivity contribution in [1.82, 2.24) is 15.3 Å². The Labute approximate surface area is 140 Å². The molecular weight excluding hydrogens is 300 g/mol. The Morgan fingerprint density at radius 2 is 1.92 bits per heavy atom. The molecule has 1 heterocycles. The minimum Gasteiger partial charge on any atom is -0.338 e. The van der Waals surface area contributed by atoms with Gasteiger partial charge in [0, 0.05) is 17.3 Å². The largest absolute Gasteiger partial charge is 0.338 e. The zero-order valence-electron chi connectivity index (χ0n) is 13.4. The highest BCUT2D eigenvalue weighted by molar-refractivity contribution is 5.90. The Kier molecular flexibility index (Phi) is 3.91. The normalized spacial score (nSPS) is 14.8. The summed E-state index contributed by atoms with van der Waals surface area (Å²) in [6.45, 7) is 0. The molecule has 1 aromatic heterocycles. The first-order valence-corrected chi connectivity index (χ1v) is 8.41. The van der Waals surface area contributed by atoms with E-state index in [1.54, 1.807) is 0 Å². The Morgan fingerprint density at radius 3 is 2.75 bits per heavy atom. The molecule has 24 heavy (non-hydrogen) atoms. The van der Waals surface area contributed by atoms with Gasteiger partial charge in [0.15, 0.2) is 0 Å². The average Bonchev–Trinajstić information content (AvgIpc) is 3.24. The Balaban J connectivity index is 1.51. The SMILES string of the molecule is O=C(Nc1cccc(-c2nc3ccccc3[nH]2)c1)NC1CCCC1. The minimum atomic E-state index is -0.136. The van der Waals surface area contributed by atoms with Crippen LogP contribution in [0.2, 0.25) is 0 Å². The molecule has 0 unspecified atom stereocenters. The predicted molar refractivity (Wildman–Crippen MR) is 95.9 cm³/mol. The fourth-order valence-corrected chi connectivity index (χ4v) is 3.26. The molecular formula is C19H20N4O. The van der Waals surface area contributed by atoms with Gasteiger partial charge in [-0.05, 0) is 37.1 Å². The van der Waals surface area contributed by atoms with Crippen LogP contribution in [-0.2, 0) is 0 Å². The molecule has 1 aliphatic rings. The molecule has 5 heteroatoms. The molecule has 0 saturated heterocycles. The zero-order valence-corrected chi connectivity index (χ0v) is 13.4. The summed E-state index contributed by atoms with van der Waals surface area (Å²) in [5.74, 6) is 0.802. The molecule has 0 bridgehead atoms. The summed E-state index contributed by atoms with van der Waals surface area (Å²) in [5.41, 5.74) is 3.66. The molecule has 1 fully saturated rings. The van der Waals surface area contributed by atoms with Crippen LogP contribution >= 0.6 is 0 Å². The fraction of sp³-hybridized carbons (Fsp3) is 0.263. The van der Waals surface area contributed by atoms with Gasteiger partial charge in [0.05, 0.1) is 11.0 Å². The van der Waals surface area contributed by atoms with Gasteiger partial charge in [-0.25, -0.2) is 9.78 Å². The number of amides is 2. The number of hydrogen-bond acceptors (Lipinski definition) is 2. The summed E-state index contributed by atoms with van der Waals surface area (Å²) in [4.78, 5) is 20.0. The number of imidazole rings is 1. The number of fused-ring (bicyclic) bond motifs is 1. The van der Waals surface area contributed by atoms with Crippen LogP contribution in [0.15, 0.2) is 48.5 Å². The van der Waals surface area contributed by atoms with Gasteiger partial charge in [0.1, 0.15) is 5.82 Å². The van der Waals surface area contributed by atoms with Crippen molar-refractivity contribution in [2.45, 2.75) is 31.7 Å². The number of aromatic amines is 1. The van der Waals surface area contributed by atoms with Crippen LogP contribution in [0, 0.1) is 0 Å². The molecule has 4 rings (SSSR count). The standard InChI is InChI=1S/C19H20N4O/c24-19(20-14-7-1-2-8-14)21-15-9-5-6-13(12-15)18-22-16-10-3-4-11-17(16)23-18/h3-6,9-12,14H,1-2,7-8H2,(H,22,23)(H2,20,21,24). The summed E-state index contributed by atoms with van der Waals surface area (Å²) < 4.78 is 0. The van der Waals surface area contributed by atoms with E-state index in [0.717, 1.165) is 41.0 Å². The number of aromatic nitrogens is 2. The second kappa shape index (κ2) is 6.35. The number of urea groups is 1. The number of benzene rings is 2.